The smallest absolute Gasteiger partial charge is 0.145 e. The third-order valence-corrected chi connectivity index (χ3v) is 14.0. The van der Waals surface area contributed by atoms with Crippen molar-refractivity contribution in [3.8, 4) is 50.2 Å². The summed E-state index contributed by atoms with van der Waals surface area (Å²) in [5, 5.41) is 4.64. The van der Waals surface area contributed by atoms with Gasteiger partial charge in [-0.25, -0.2) is 0 Å². The number of benzene rings is 10. The number of aromatic nitrogens is 1. The zero-order chi connectivity index (χ0) is 43.9. The van der Waals surface area contributed by atoms with Gasteiger partial charge in [0.05, 0.1) is 33.5 Å². The summed E-state index contributed by atoms with van der Waals surface area (Å²) < 4.78 is 9.39. The van der Waals surface area contributed by atoms with Crippen molar-refractivity contribution in [3.05, 3.63) is 242 Å². The molecule has 66 heavy (non-hydrogen) atoms. The van der Waals surface area contributed by atoms with Crippen molar-refractivity contribution in [3.63, 3.8) is 0 Å². The number of rotatable bonds is 7. The van der Waals surface area contributed by atoms with Gasteiger partial charge in [-0.1, -0.05) is 184 Å². The SMILES string of the molecule is CC1(C)c2ccccc2-c2ccc(-c3ccccc3N(c3ccccc3-c3ccccc3)c3ccc(-c4ccc(-n5c6ccccc6c6ccccc65)cc4)c4oc5ccccc5c34)cc21. The van der Waals surface area contributed by atoms with Gasteiger partial charge in [-0.05, 0) is 99.6 Å². The van der Waals surface area contributed by atoms with Crippen LogP contribution < -0.4 is 4.90 Å². The Morgan fingerprint density at radius 1 is 0.379 bits per heavy atom. The van der Waals surface area contributed by atoms with Crippen molar-refractivity contribution in [1.82, 2.24) is 4.57 Å². The molecule has 3 heteroatoms. The van der Waals surface area contributed by atoms with E-state index in [1.165, 1.54) is 49.6 Å². The van der Waals surface area contributed by atoms with Gasteiger partial charge < -0.3 is 13.9 Å². The Morgan fingerprint density at radius 2 is 0.894 bits per heavy atom. The Hall–Kier alpha value is -8.40. The van der Waals surface area contributed by atoms with E-state index in [1.807, 2.05) is 0 Å². The van der Waals surface area contributed by atoms with Crippen molar-refractivity contribution in [2.75, 3.05) is 4.90 Å². The van der Waals surface area contributed by atoms with E-state index in [4.69, 9.17) is 4.42 Å². The highest BCUT2D eigenvalue weighted by Crippen LogP contribution is 2.53. The van der Waals surface area contributed by atoms with E-state index >= 15 is 0 Å². The lowest BCUT2D eigenvalue weighted by Gasteiger charge is -2.31. The van der Waals surface area contributed by atoms with Crippen LogP contribution in [0.5, 0.6) is 0 Å². The molecule has 0 N–H and O–H groups in total. The number of fused-ring (bicyclic) bond motifs is 9. The summed E-state index contributed by atoms with van der Waals surface area (Å²) in [6, 6.07) is 83.8. The monoisotopic (exact) mass is 844 g/mol. The fourth-order valence-electron chi connectivity index (χ4n) is 10.9. The fraction of sp³-hybridized carbons (Fsp3) is 0.0476. The molecule has 0 saturated heterocycles. The molecule has 0 fully saturated rings. The Kier molecular flexibility index (Phi) is 8.56. The van der Waals surface area contributed by atoms with Gasteiger partial charge in [0.2, 0.25) is 0 Å². The largest absolute Gasteiger partial charge is 0.455 e. The number of nitrogens with zero attached hydrogens (tertiary/aromatic N) is 2. The number of hydrogen-bond acceptors (Lipinski definition) is 2. The van der Waals surface area contributed by atoms with Crippen LogP contribution in [0.3, 0.4) is 0 Å². The topological polar surface area (TPSA) is 21.3 Å². The average molecular weight is 845 g/mol. The molecule has 3 nitrogen and oxygen atoms in total. The second kappa shape index (κ2) is 14.8. The summed E-state index contributed by atoms with van der Waals surface area (Å²) in [6.45, 7) is 4.71. The lowest BCUT2D eigenvalue weighted by Crippen LogP contribution is -2.15. The first-order valence-electron chi connectivity index (χ1n) is 22.8. The van der Waals surface area contributed by atoms with Crippen molar-refractivity contribution in [2.45, 2.75) is 19.3 Å². The van der Waals surface area contributed by atoms with Crippen molar-refractivity contribution in [2.24, 2.45) is 0 Å². The van der Waals surface area contributed by atoms with Gasteiger partial charge in [0.25, 0.3) is 0 Å². The highest BCUT2D eigenvalue weighted by molar-refractivity contribution is 6.18. The first-order chi connectivity index (χ1) is 32.5. The minimum Gasteiger partial charge on any atom is -0.455 e. The van der Waals surface area contributed by atoms with E-state index in [1.54, 1.807) is 0 Å². The van der Waals surface area contributed by atoms with Crippen LogP contribution in [-0.2, 0) is 5.41 Å². The standard InChI is InChI=1S/C63H44N2O/c1-63(2)53-26-12-6-22-48(53)49-37-34-43(40-54(49)63)46-21-8-14-28-56(46)65(55-27-13-7-20-45(55)41-18-4-3-5-19-41)59-39-38-47(62-61(59)52-25-11-17-31-60(52)66-62)42-32-35-44(36-33-42)64-57-29-15-9-23-50(57)51-24-10-16-30-58(51)64/h3-40H,1-2H3. The average Bonchev–Trinajstić information content (AvgIpc) is 4.01. The van der Waals surface area contributed by atoms with Crippen molar-refractivity contribution in [1.29, 1.82) is 0 Å². The molecule has 10 aromatic carbocycles. The zero-order valence-corrected chi connectivity index (χ0v) is 36.7. The van der Waals surface area contributed by atoms with Crippen molar-refractivity contribution < 1.29 is 4.42 Å². The third kappa shape index (κ3) is 5.76. The van der Waals surface area contributed by atoms with E-state index in [9.17, 15) is 0 Å². The summed E-state index contributed by atoms with van der Waals surface area (Å²) in [5.74, 6) is 0. The van der Waals surface area contributed by atoms with Crippen LogP contribution >= 0.6 is 0 Å². The predicted octanol–water partition coefficient (Wildman–Crippen LogP) is 17.5. The molecule has 0 amide bonds. The Bertz CT molecular complexity index is 3800. The van der Waals surface area contributed by atoms with Gasteiger partial charge in [-0.2, -0.15) is 0 Å². The third-order valence-electron chi connectivity index (χ3n) is 14.0. The molecule has 0 aliphatic heterocycles. The zero-order valence-electron chi connectivity index (χ0n) is 36.7. The summed E-state index contributed by atoms with van der Waals surface area (Å²) >= 11 is 0. The molecular weight excluding hydrogens is 801 g/mol. The van der Waals surface area contributed by atoms with Gasteiger partial charge in [-0.3, -0.25) is 0 Å². The Labute approximate surface area is 384 Å². The first kappa shape index (κ1) is 38.1. The summed E-state index contributed by atoms with van der Waals surface area (Å²) in [7, 11) is 0. The van der Waals surface area contributed by atoms with E-state index in [0.717, 1.165) is 72.5 Å². The van der Waals surface area contributed by atoms with Crippen LogP contribution in [-0.4, -0.2) is 4.57 Å². The maximum atomic E-state index is 7.02. The lowest BCUT2D eigenvalue weighted by molar-refractivity contribution is 0.660. The molecule has 2 aromatic heterocycles. The summed E-state index contributed by atoms with van der Waals surface area (Å²) in [6.07, 6.45) is 0. The minimum absolute atomic E-state index is 0.129. The van der Waals surface area contributed by atoms with Gasteiger partial charge in [0, 0.05) is 44.0 Å². The maximum absolute atomic E-state index is 7.02. The van der Waals surface area contributed by atoms with Crippen LogP contribution in [0.1, 0.15) is 25.0 Å². The van der Waals surface area contributed by atoms with Crippen LogP contribution in [0.15, 0.2) is 235 Å². The molecule has 13 rings (SSSR count). The molecule has 0 unspecified atom stereocenters. The molecule has 2 heterocycles. The minimum atomic E-state index is -0.129. The lowest BCUT2D eigenvalue weighted by atomic mass is 9.81. The van der Waals surface area contributed by atoms with Crippen LogP contribution in [0.4, 0.5) is 17.1 Å². The van der Waals surface area contributed by atoms with Crippen molar-refractivity contribution >= 4 is 60.8 Å². The second-order valence-corrected chi connectivity index (χ2v) is 18.0. The predicted molar refractivity (Wildman–Crippen MR) is 277 cm³/mol. The Morgan fingerprint density at radius 3 is 1.61 bits per heavy atom. The quantitative estimate of drug-likeness (QED) is 0.159. The summed E-state index contributed by atoms with van der Waals surface area (Å²) in [4.78, 5) is 2.48. The molecule has 1 aliphatic rings. The molecule has 0 saturated carbocycles. The number of para-hydroxylation sites is 5. The fourth-order valence-corrected chi connectivity index (χ4v) is 10.9. The number of anilines is 3. The molecule has 0 radical (unpaired) electrons. The van der Waals surface area contributed by atoms with E-state index in [-0.39, 0.29) is 5.41 Å². The van der Waals surface area contributed by atoms with Gasteiger partial charge >= 0.3 is 0 Å². The van der Waals surface area contributed by atoms with Gasteiger partial charge in [0.15, 0.2) is 0 Å². The highest BCUT2D eigenvalue weighted by Gasteiger charge is 2.35. The first-order valence-corrected chi connectivity index (χ1v) is 22.8. The Balaban J connectivity index is 1.03. The molecular formula is C63H44N2O. The van der Waals surface area contributed by atoms with Crippen LogP contribution in [0.25, 0.3) is 93.9 Å². The number of furan rings is 1. The van der Waals surface area contributed by atoms with Gasteiger partial charge in [0.1, 0.15) is 11.2 Å². The molecule has 0 spiro atoms. The summed E-state index contributed by atoms with van der Waals surface area (Å²) in [5.41, 5.74) is 20.4. The molecule has 312 valence electrons. The molecule has 0 bridgehead atoms. The molecule has 0 atom stereocenters. The van der Waals surface area contributed by atoms with Crippen LogP contribution in [0.2, 0.25) is 0 Å². The van der Waals surface area contributed by atoms with E-state index in [2.05, 4.69) is 254 Å². The molecule has 1 aliphatic carbocycles. The highest BCUT2D eigenvalue weighted by atomic mass is 16.3. The molecule has 12 aromatic rings. The normalized spacial score (nSPS) is 12.8. The van der Waals surface area contributed by atoms with E-state index < -0.39 is 0 Å². The maximum Gasteiger partial charge on any atom is 0.145 e. The number of hydrogen-bond donors (Lipinski definition) is 0. The van der Waals surface area contributed by atoms with Crippen LogP contribution in [0, 0.1) is 0 Å². The van der Waals surface area contributed by atoms with Gasteiger partial charge in [-0.15, -0.1) is 0 Å². The second-order valence-electron chi connectivity index (χ2n) is 18.0. The van der Waals surface area contributed by atoms with E-state index in [0.29, 0.717) is 0 Å².